The maximum Gasteiger partial charge on any atom is 0.113 e. The molecule has 3 heteroatoms. The van der Waals surface area contributed by atoms with E-state index in [1.54, 1.807) is 0 Å². The van der Waals surface area contributed by atoms with Crippen LogP contribution in [0.4, 0.5) is 0 Å². The van der Waals surface area contributed by atoms with Crippen LogP contribution in [-0.2, 0) is 12.0 Å². The number of rotatable bonds is 4. The maximum absolute atomic E-state index is 4.97. The lowest BCUT2D eigenvalue weighted by atomic mass is 9.72. The van der Waals surface area contributed by atoms with Crippen LogP contribution in [0.2, 0.25) is 0 Å². The molecule has 1 heterocycles. The Kier molecular flexibility index (Phi) is 4.67. The zero-order chi connectivity index (χ0) is 14.0. The molecular weight excluding hydrogens is 252 g/mol. The monoisotopic (exact) mass is 280 g/mol. The molecule has 0 aromatic carbocycles. The summed E-state index contributed by atoms with van der Waals surface area (Å²) in [5.41, 5.74) is 1.43. The van der Waals surface area contributed by atoms with Gasteiger partial charge in [-0.05, 0) is 51.0 Å². The average Bonchev–Trinajstić information content (AvgIpc) is 2.70. The van der Waals surface area contributed by atoms with Gasteiger partial charge in [0.1, 0.15) is 5.01 Å². The number of aryl methyl sites for hydroxylation is 2. The van der Waals surface area contributed by atoms with E-state index in [-0.39, 0.29) is 5.54 Å². The lowest BCUT2D eigenvalue weighted by Gasteiger charge is -2.42. The molecule has 0 aliphatic heterocycles. The number of nitrogens with one attached hydrogen (secondary N) is 1. The van der Waals surface area contributed by atoms with E-state index in [1.807, 2.05) is 11.3 Å². The van der Waals surface area contributed by atoms with Gasteiger partial charge in [0.25, 0.3) is 0 Å². The predicted octanol–water partition coefficient (Wildman–Crippen LogP) is 4.27. The lowest BCUT2D eigenvalue weighted by Crippen LogP contribution is -2.47. The van der Waals surface area contributed by atoms with Crippen LogP contribution in [0.1, 0.15) is 62.5 Å². The first-order valence-corrected chi connectivity index (χ1v) is 8.54. The molecule has 0 bridgehead atoms. The summed E-state index contributed by atoms with van der Waals surface area (Å²) in [4.78, 5) is 6.37. The van der Waals surface area contributed by atoms with Crippen molar-refractivity contribution >= 4 is 11.3 Å². The number of hydrogen-bond acceptors (Lipinski definition) is 3. The summed E-state index contributed by atoms with van der Waals surface area (Å²) < 4.78 is 0. The fourth-order valence-corrected chi connectivity index (χ4v) is 5.01. The zero-order valence-corrected chi connectivity index (χ0v) is 13.9. The van der Waals surface area contributed by atoms with Gasteiger partial charge in [-0.2, -0.15) is 0 Å². The highest BCUT2D eigenvalue weighted by Gasteiger charge is 2.41. The van der Waals surface area contributed by atoms with Gasteiger partial charge in [0.05, 0.1) is 11.2 Å². The first-order chi connectivity index (χ1) is 9.00. The predicted molar refractivity (Wildman–Crippen MR) is 83.8 cm³/mol. The fraction of sp³-hybridized carbons (Fsp3) is 0.812. The molecule has 1 saturated carbocycles. The van der Waals surface area contributed by atoms with Crippen LogP contribution in [-0.4, -0.2) is 11.5 Å². The molecule has 2 atom stereocenters. The highest BCUT2D eigenvalue weighted by Crippen LogP contribution is 2.44. The standard InChI is InChI=1S/C16H28N2S/c1-6-14-13(5)19-15(18-14)16(17-7-2)9-11(3)8-12(4)10-16/h11-12,17H,6-10H2,1-5H3. The first kappa shape index (κ1) is 15.0. The highest BCUT2D eigenvalue weighted by atomic mass is 32.1. The average molecular weight is 280 g/mol. The second-order valence-corrected chi connectivity index (χ2v) is 7.55. The third kappa shape index (κ3) is 3.03. The van der Waals surface area contributed by atoms with Crippen molar-refractivity contribution in [2.75, 3.05) is 6.54 Å². The first-order valence-electron chi connectivity index (χ1n) is 7.72. The van der Waals surface area contributed by atoms with Crippen LogP contribution in [0, 0.1) is 18.8 Å². The van der Waals surface area contributed by atoms with E-state index in [4.69, 9.17) is 4.98 Å². The van der Waals surface area contributed by atoms with E-state index in [2.05, 4.69) is 39.9 Å². The van der Waals surface area contributed by atoms with Crippen molar-refractivity contribution in [3.05, 3.63) is 15.6 Å². The molecule has 1 aromatic rings. The van der Waals surface area contributed by atoms with Gasteiger partial charge in [0.2, 0.25) is 0 Å². The Bertz CT molecular complexity index is 414. The Morgan fingerprint density at radius 3 is 2.37 bits per heavy atom. The van der Waals surface area contributed by atoms with Crippen molar-refractivity contribution in [2.45, 2.75) is 65.8 Å². The molecule has 2 nitrogen and oxygen atoms in total. The number of hydrogen-bond donors (Lipinski definition) is 1. The van der Waals surface area contributed by atoms with Gasteiger partial charge in [-0.15, -0.1) is 11.3 Å². The normalized spacial score (nSPS) is 31.6. The summed E-state index contributed by atoms with van der Waals surface area (Å²) >= 11 is 1.91. The van der Waals surface area contributed by atoms with E-state index in [0.29, 0.717) is 0 Å². The quantitative estimate of drug-likeness (QED) is 0.890. The van der Waals surface area contributed by atoms with E-state index >= 15 is 0 Å². The molecule has 1 aliphatic carbocycles. The van der Waals surface area contributed by atoms with E-state index in [0.717, 1.165) is 24.8 Å². The Morgan fingerprint density at radius 1 is 1.26 bits per heavy atom. The van der Waals surface area contributed by atoms with Crippen LogP contribution >= 0.6 is 11.3 Å². The summed E-state index contributed by atoms with van der Waals surface area (Å²) in [6.07, 6.45) is 4.89. The third-order valence-corrected chi connectivity index (χ3v) is 5.57. The van der Waals surface area contributed by atoms with Crippen molar-refractivity contribution in [1.29, 1.82) is 0 Å². The molecule has 108 valence electrons. The highest BCUT2D eigenvalue weighted by molar-refractivity contribution is 7.11. The summed E-state index contributed by atoms with van der Waals surface area (Å²) in [5.74, 6) is 1.58. The molecule has 1 fully saturated rings. The number of aromatic nitrogens is 1. The molecule has 1 aliphatic rings. The Labute approximate surface area is 122 Å². The van der Waals surface area contributed by atoms with Gasteiger partial charge in [0, 0.05) is 4.88 Å². The molecule has 0 saturated heterocycles. The maximum atomic E-state index is 4.97. The van der Waals surface area contributed by atoms with Crippen LogP contribution in [0.5, 0.6) is 0 Å². The second kappa shape index (κ2) is 5.92. The minimum Gasteiger partial charge on any atom is -0.306 e. The molecule has 0 spiro atoms. The van der Waals surface area contributed by atoms with Crippen LogP contribution < -0.4 is 5.32 Å². The number of thiazole rings is 1. The van der Waals surface area contributed by atoms with Gasteiger partial charge in [0.15, 0.2) is 0 Å². The Morgan fingerprint density at radius 2 is 1.89 bits per heavy atom. The number of nitrogens with zero attached hydrogens (tertiary/aromatic N) is 1. The van der Waals surface area contributed by atoms with Crippen LogP contribution in [0.25, 0.3) is 0 Å². The van der Waals surface area contributed by atoms with Gasteiger partial charge in [-0.3, -0.25) is 0 Å². The third-order valence-electron chi connectivity index (χ3n) is 4.35. The van der Waals surface area contributed by atoms with Gasteiger partial charge < -0.3 is 5.32 Å². The van der Waals surface area contributed by atoms with Gasteiger partial charge in [-0.25, -0.2) is 4.98 Å². The van der Waals surface area contributed by atoms with E-state index in [9.17, 15) is 0 Å². The summed E-state index contributed by atoms with van der Waals surface area (Å²) in [6.45, 7) is 12.4. The summed E-state index contributed by atoms with van der Waals surface area (Å²) in [6, 6.07) is 0. The van der Waals surface area contributed by atoms with Crippen LogP contribution in [0.3, 0.4) is 0 Å². The van der Waals surface area contributed by atoms with Crippen molar-refractivity contribution in [1.82, 2.24) is 10.3 Å². The molecule has 2 rings (SSSR count). The molecular formula is C16H28N2S. The topological polar surface area (TPSA) is 24.9 Å². The summed E-state index contributed by atoms with van der Waals surface area (Å²) in [7, 11) is 0. The molecule has 1 N–H and O–H groups in total. The Hall–Kier alpha value is -0.410. The van der Waals surface area contributed by atoms with Crippen molar-refractivity contribution < 1.29 is 0 Å². The Balaban J connectivity index is 2.37. The molecule has 19 heavy (non-hydrogen) atoms. The van der Waals surface area contributed by atoms with Crippen molar-refractivity contribution in [2.24, 2.45) is 11.8 Å². The molecule has 1 aromatic heterocycles. The second-order valence-electron chi connectivity index (χ2n) is 6.34. The zero-order valence-electron chi connectivity index (χ0n) is 13.0. The fourth-order valence-electron chi connectivity index (χ4n) is 3.82. The molecule has 2 unspecified atom stereocenters. The summed E-state index contributed by atoms with van der Waals surface area (Å²) in [5, 5.41) is 5.12. The van der Waals surface area contributed by atoms with Crippen molar-refractivity contribution in [3.63, 3.8) is 0 Å². The minimum atomic E-state index is 0.134. The van der Waals surface area contributed by atoms with Gasteiger partial charge in [-0.1, -0.05) is 27.7 Å². The lowest BCUT2D eigenvalue weighted by molar-refractivity contribution is 0.145. The molecule has 0 amide bonds. The smallest absolute Gasteiger partial charge is 0.113 e. The van der Waals surface area contributed by atoms with E-state index < -0.39 is 0 Å². The minimum absolute atomic E-state index is 0.134. The van der Waals surface area contributed by atoms with Crippen LogP contribution in [0.15, 0.2) is 0 Å². The molecule has 0 radical (unpaired) electrons. The van der Waals surface area contributed by atoms with Crippen molar-refractivity contribution in [3.8, 4) is 0 Å². The SMILES string of the molecule is CCNC1(c2nc(CC)c(C)s2)CC(C)CC(C)C1. The van der Waals surface area contributed by atoms with Gasteiger partial charge >= 0.3 is 0 Å². The largest absolute Gasteiger partial charge is 0.306 e. The van der Waals surface area contributed by atoms with E-state index in [1.165, 1.54) is 34.8 Å².